The highest BCUT2D eigenvalue weighted by molar-refractivity contribution is 7.99. The molecular weight excluding hydrogens is 360 g/mol. The number of carbonyl (C=O) groups is 1. The van der Waals surface area contributed by atoms with Crippen LogP contribution in [-0.4, -0.2) is 43.4 Å². The Morgan fingerprint density at radius 2 is 1.85 bits per heavy atom. The summed E-state index contributed by atoms with van der Waals surface area (Å²) in [6, 6.07) is 8.56. The highest BCUT2D eigenvalue weighted by atomic mass is 32.2. The first-order chi connectivity index (χ1) is 13.0. The molecule has 0 aliphatic carbocycles. The third-order valence-electron chi connectivity index (χ3n) is 5.12. The van der Waals surface area contributed by atoms with Crippen LogP contribution in [0.3, 0.4) is 0 Å². The van der Waals surface area contributed by atoms with Crippen molar-refractivity contribution >= 4 is 17.7 Å². The number of ether oxygens (including phenoxy) is 1. The number of nitrogens with zero attached hydrogens (tertiary/aromatic N) is 4. The summed E-state index contributed by atoms with van der Waals surface area (Å²) in [5.41, 5.74) is 1.20. The average molecular weight is 389 g/mol. The smallest absolute Gasteiger partial charge is 0.233 e. The Labute approximate surface area is 165 Å². The molecule has 7 heteroatoms. The molecule has 2 heterocycles. The van der Waals surface area contributed by atoms with Crippen molar-refractivity contribution in [2.75, 3.05) is 5.75 Å². The van der Waals surface area contributed by atoms with Gasteiger partial charge in [0.2, 0.25) is 5.91 Å². The predicted molar refractivity (Wildman–Crippen MR) is 107 cm³/mol. The molecule has 1 aliphatic heterocycles. The van der Waals surface area contributed by atoms with Gasteiger partial charge < -0.3 is 14.2 Å². The molecular formula is C20H28N4O2S. The van der Waals surface area contributed by atoms with Crippen molar-refractivity contribution in [3.8, 4) is 5.75 Å². The Hall–Kier alpha value is -2.02. The maximum atomic E-state index is 12.7. The summed E-state index contributed by atoms with van der Waals surface area (Å²) in [4.78, 5) is 14.7. The molecule has 0 unspecified atom stereocenters. The van der Waals surface area contributed by atoms with Crippen LogP contribution in [0.2, 0.25) is 0 Å². The van der Waals surface area contributed by atoms with Crippen LogP contribution in [0, 0.1) is 6.92 Å². The molecule has 27 heavy (non-hydrogen) atoms. The number of aryl methyl sites for hydroxylation is 1. The zero-order chi connectivity index (χ0) is 19.4. The second-order valence-corrected chi connectivity index (χ2v) is 8.22. The summed E-state index contributed by atoms with van der Waals surface area (Å²) in [5.74, 6) is 2.12. The molecule has 2 atom stereocenters. The van der Waals surface area contributed by atoms with Crippen molar-refractivity contribution in [1.29, 1.82) is 0 Å². The maximum Gasteiger partial charge on any atom is 0.233 e. The van der Waals surface area contributed by atoms with E-state index in [9.17, 15) is 4.79 Å². The van der Waals surface area contributed by atoms with E-state index < -0.39 is 0 Å². The van der Waals surface area contributed by atoms with Gasteiger partial charge in [-0.2, -0.15) is 0 Å². The molecule has 1 aromatic carbocycles. The molecule has 0 saturated carbocycles. The number of thioether (sulfide) groups is 1. The Balaban J connectivity index is 1.55. The van der Waals surface area contributed by atoms with Gasteiger partial charge in [0.05, 0.1) is 5.75 Å². The molecule has 1 aromatic heterocycles. The molecule has 0 spiro atoms. The minimum Gasteiger partial charge on any atom is -0.486 e. The van der Waals surface area contributed by atoms with Gasteiger partial charge in [-0.05, 0) is 52.2 Å². The van der Waals surface area contributed by atoms with Crippen LogP contribution in [0.1, 0.15) is 44.5 Å². The van der Waals surface area contributed by atoms with E-state index >= 15 is 0 Å². The number of amides is 1. The Morgan fingerprint density at radius 1 is 1.19 bits per heavy atom. The number of hydrogen-bond donors (Lipinski definition) is 0. The van der Waals surface area contributed by atoms with Gasteiger partial charge in [0.1, 0.15) is 12.4 Å². The quantitative estimate of drug-likeness (QED) is 0.708. The highest BCUT2D eigenvalue weighted by Crippen LogP contribution is 2.25. The zero-order valence-electron chi connectivity index (χ0n) is 16.5. The van der Waals surface area contributed by atoms with Crippen molar-refractivity contribution in [1.82, 2.24) is 19.7 Å². The molecule has 1 saturated heterocycles. The van der Waals surface area contributed by atoms with Crippen LogP contribution in [0.25, 0.3) is 0 Å². The van der Waals surface area contributed by atoms with Crippen LogP contribution in [0.15, 0.2) is 29.4 Å². The van der Waals surface area contributed by atoms with Gasteiger partial charge in [-0.3, -0.25) is 4.79 Å². The van der Waals surface area contributed by atoms with Crippen LogP contribution >= 0.6 is 11.8 Å². The monoisotopic (exact) mass is 388 g/mol. The zero-order valence-corrected chi connectivity index (χ0v) is 17.3. The lowest BCUT2D eigenvalue weighted by Crippen LogP contribution is -2.48. The standard InChI is InChI=1S/C20H28N4O2S/c1-14-8-10-17(11-9-14)26-12-18-21-22-20(23(18)4)27-13-19(25)24-15(2)6-5-7-16(24)3/h8-11,15-16H,5-7,12-13H2,1-4H3/t15-,16-/m1/s1. The number of aromatic nitrogens is 3. The Kier molecular flexibility index (Phi) is 6.42. The molecule has 1 aliphatic rings. The topological polar surface area (TPSA) is 60.3 Å². The summed E-state index contributed by atoms with van der Waals surface area (Å²) in [6.45, 7) is 6.67. The molecule has 1 fully saturated rings. The van der Waals surface area contributed by atoms with Gasteiger partial charge in [0, 0.05) is 19.1 Å². The summed E-state index contributed by atoms with van der Waals surface area (Å²) < 4.78 is 7.68. The summed E-state index contributed by atoms with van der Waals surface area (Å²) in [6.07, 6.45) is 3.38. The predicted octanol–water partition coefficient (Wildman–Crippen LogP) is 3.58. The summed E-state index contributed by atoms with van der Waals surface area (Å²) in [5, 5.41) is 9.17. The fourth-order valence-electron chi connectivity index (χ4n) is 3.49. The number of carbonyl (C=O) groups excluding carboxylic acids is 1. The number of rotatable bonds is 6. The number of likely N-dealkylation sites (tertiary alicyclic amines) is 1. The second kappa shape index (κ2) is 8.78. The fraction of sp³-hybridized carbons (Fsp3) is 0.550. The molecule has 0 radical (unpaired) electrons. The van der Waals surface area contributed by atoms with E-state index in [1.54, 1.807) is 0 Å². The van der Waals surface area contributed by atoms with Gasteiger partial charge >= 0.3 is 0 Å². The van der Waals surface area contributed by atoms with Crippen molar-refractivity contribution in [2.45, 2.75) is 63.9 Å². The fourth-order valence-corrected chi connectivity index (χ4v) is 4.29. The maximum absolute atomic E-state index is 12.7. The normalized spacial score (nSPS) is 19.9. The van der Waals surface area contributed by atoms with Crippen molar-refractivity contribution in [2.24, 2.45) is 7.05 Å². The lowest BCUT2D eigenvalue weighted by atomic mass is 9.98. The highest BCUT2D eigenvalue weighted by Gasteiger charge is 2.29. The minimum absolute atomic E-state index is 0.181. The second-order valence-electron chi connectivity index (χ2n) is 7.28. The summed E-state index contributed by atoms with van der Waals surface area (Å²) >= 11 is 1.44. The SMILES string of the molecule is Cc1ccc(OCc2nnc(SCC(=O)N3[C@H](C)CCC[C@H]3C)n2C)cc1. The van der Waals surface area contributed by atoms with Crippen molar-refractivity contribution in [3.63, 3.8) is 0 Å². The van der Waals surface area contributed by atoms with E-state index in [1.165, 1.54) is 23.7 Å². The molecule has 0 bridgehead atoms. The molecule has 1 amide bonds. The van der Waals surface area contributed by atoms with Gasteiger partial charge in [0.25, 0.3) is 0 Å². The number of benzene rings is 1. The Morgan fingerprint density at radius 3 is 2.52 bits per heavy atom. The molecule has 2 aromatic rings. The van der Waals surface area contributed by atoms with Gasteiger partial charge in [-0.1, -0.05) is 29.5 Å². The number of piperidine rings is 1. The molecule has 0 N–H and O–H groups in total. The van der Waals surface area contributed by atoms with Crippen molar-refractivity contribution < 1.29 is 9.53 Å². The number of hydrogen-bond acceptors (Lipinski definition) is 5. The van der Waals surface area contributed by atoms with E-state index in [-0.39, 0.29) is 5.91 Å². The van der Waals surface area contributed by atoms with Crippen LogP contribution in [0.5, 0.6) is 5.75 Å². The van der Waals surface area contributed by atoms with Gasteiger partial charge in [-0.15, -0.1) is 10.2 Å². The van der Waals surface area contributed by atoms with E-state index in [4.69, 9.17) is 4.74 Å². The molecule has 3 rings (SSSR count). The first-order valence-electron chi connectivity index (χ1n) is 9.47. The van der Waals surface area contributed by atoms with Crippen LogP contribution < -0.4 is 4.74 Å². The Bertz CT molecular complexity index is 765. The van der Waals surface area contributed by atoms with E-state index in [1.807, 2.05) is 47.7 Å². The lowest BCUT2D eigenvalue weighted by molar-refractivity contribution is -0.134. The molecule has 146 valence electrons. The van der Waals surface area contributed by atoms with E-state index in [2.05, 4.69) is 24.0 Å². The lowest BCUT2D eigenvalue weighted by Gasteiger charge is -2.39. The summed E-state index contributed by atoms with van der Waals surface area (Å²) in [7, 11) is 1.91. The van der Waals surface area contributed by atoms with E-state index in [0.717, 1.165) is 29.6 Å². The van der Waals surface area contributed by atoms with Gasteiger partial charge in [-0.25, -0.2) is 0 Å². The van der Waals surface area contributed by atoms with Gasteiger partial charge in [0.15, 0.2) is 11.0 Å². The first-order valence-corrected chi connectivity index (χ1v) is 10.5. The first kappa shape index (κ1) is 19.7. The third kappa shape index (κ3) is 4.83. The minimum atomic E-state index is 0.181. The van der Waals surface area contributed by atoms with Crippen LogP contribution in [-0.2, 0) is 18.4 Å². The van der Waals surface area contributed by atoms with E-state index in [0.29, 0.717) is 24.4 Å². The van der Waals surface area contributed by atoms with Crippen molar-refractivity contribution in [3.05, 3.63) is 35.7 Å². The largest absolute Gasteiger partial charge is 0.486 e. The molecule has 6 nitrogen and oxygen atoms in total. The average Bonchev–Trinajstić information content (AvgIpc) is 2.99. The van der Waals surface area contributed by atoms with Crippen LogP contribution in [0.4, 0.5) is 0 Å². The third-order valence-corrected chi connectivity index (χ3v) is 6.13.